The zero-order valence-electron chi connectivity index (χ0n) is 13.5. The molecule has 3 heterocycles. The number of aromatic nitrogens is 4. The number of nitrogens with zero attached hydrogens (tertiary/aromatic N) is 4. The number of carbonyl (C=O) groups is 1. The predicted molar refractivity (Wildman–Crippen MR) is 84.8 cm³/mol. The van der Waals surface area contributed by atoms with Crippen LogP contribution in [-0.4, -0.2) is 32.3 Å². The van der Waals surface area contributed by atoms with E-state index in [4.69, 9.17) is 4.42 Å². The second-order valence-corrected chi connectivity index (χ2v) is 6.78. The van der Waals surface area contributed by atoms with Gasteiger partial charge in [0.05, 0.1) is 12.1 Å². The molecule has 0 bridgehead atoms. The van der Waals surface area contributed by atoms with Crippen LogP contribution in [0.15, 0.2) is 22.7 Å². The molecule has 2 aromatic heterocycles. The third-order valence-corrected chi connectivity index (χ3v) is 5.08. The van der Waals surface area contributed by atoms with E-state index in [0.29, 0.717) is 36.6 Å². The molecule has 0 aromatic carbocycles. The van der Waals surface area contributed by atoms with Gasteiger partial charge in [0.25, 0.3) is 0 Å². The number of fused-ring (bicyclic) bond motifs is 1. The molecule has 3 unspecified atom stereocenters. The summed E-state index contributed by atoms with van der Waals surface area (Å²) in [5.41, 5.74) is 0.785. The number of nitrogens with one attached hydrogen (secondary N) is 1. The van der Waals surface area contributed by atoms with Crippen LogP contribution >= 0.6 is 0 Å². The average Bonchev–Trinajstić information content (AvgIpc) is 3.03. The van der Waals surface area contributed by atoms with E-state index in [1.807, 2.05) is 12.1 Å². The molecule has 24 heavy (non-hydrogen) atoms. The number of hydrogen-bond donors (Lipinski definition) is 1. The smallest absolute Gasteiger partial charge is 0.223 e. The first kappa shape index (κ1) is 15.2. The van der Waals surface area contributed by atoms with Gasteiger partial charge in [0.2, 0.25) is 17.7 Å². The van der Waals surface area contributed by atoms with Gasteiger partial charge in [-0.05, 0) is 37.3 Å². The zero-order chi connectivity index (χ0) is 16.4. The highest BCUT2D eigenvalue weighted by Crippen LogP contribution is 2.34. The van der Waals surface area contributed by atoms with Crippen molar-refractivity contribution in [3.63, 3.8) is 0 Å². The van der Waals surface area contributed by atoms with E-state index in [0.717, 1.165) is 18.5 Å². The summed E-state index contributed by atoms with van der Waals surface area (Å²) in [6, 6.07) is 4.07. The van der Waals surface area contributed by atoms with Crippen LogP contribution in [-0.2, 0) is 17.6 Å². The lowest BCUT2D eigenvalue weighted by Crippen LogP contribution is -2.51. The van der Waals surface area contributed by atoms with Crippen LogP contribution in [0.2, 0.25) is 0 Å². The molecule has 1 amide bonds. The minimum absolute atomic E-state index is 0.0610. The van der Waals surface area contributed by atoms with Crippen LogP contribution in [0.4, 0.5) is 0 Å². The van der Waals surface area contributed by atoms with Gasteiger partial charge in [0.15, 0.2) is 0 Å². The summed E-state index contributed by atoms with van der Waals surface area (Å²) < 4.78 is 5.70. The van der Waals surface area contributed by atoms with Gasteiger partial charge in [-0.2, -0.15) is 10.2 Å². The van der Waals surface area contributed by atoms with Crippen LogP contribution in [0.25, 0.3) is 0 Å². The number of amides is 1. The fourth-order valence-corrected chi connectivity index (χ4v) is 3.86. The summed E-state index contributed by atoms with van der Waals surface area (Å²) in [5, 5.41) is 19.2. The lowest BCUT2D eigenvalue weighted by molar-refractivity contribution is -0.130. The topological polar surface area (TPSA) is 93.8 Å². The summed E-state index contributed by atoms with van der Waals surface area (Å²) in [4.78, 5) is 12.3. The molecule has 1 saturated heterocycles. The van der Waals surface area contributed by atoms with Crippen molar-refractivity contribution in [1.82, 2.24) is 25.7 Å². The normalized spacial score (nSPS) is 26.7. The molecule has 4 rings (SSSR count). The maximum atomic E-state index is 12.3. The van der Waals surface area contributed by atoms with Crippen LogP contribution in [0.5, 0.6) is 0 Å². The Bertz CT molecular complexity index is 702. The maximum Gasteiger partial charge on any atom is 0.223 e. The van der Waals surface area contributed by atoms with Crippen molar-refractivity contribution in [2.45, 2.75) is 51.0 Å². The van der Waals surface area contributed by atoms with E-state index in [2.05, 4.69) is 25.7 Å². The highest BCUT2D eigenvalue weighted by molar-refractivity contribution is 5.80. The van der Waals surface area contributed by atoms with Crippen molar-refractivity contribution in [2.24, 2.45) is 11.8 Å². The Hall–Kier alpha value is -2.31. The Labute approximate surface area is 140 Å². The molecular formula is C17H21N5O2. The molecule has 7 nitrogen and oxygen atoms in total. The second-order valence-electron chi connectivity index (χ2n) is 6.78. The van der Waals surface area contributed by atoms with E-state index in [1.165, 1.54) is 19.3 Å². The second kappa shape index (κ2) is 6.67. The number of carbonyl (C=O) groups excluding carboxylic acids is 1. The molecule has 0 spiro atoms. The third kappa shape index (κ3) is 3.29. The Balaban J connectivity index is 1.39. The summed E-state index contributed by atoms with van der Waals surface area (Å²) >= 11 is 0. The van der Waals surface area contributed by atoms with E-state index in [9.17, 15) is 4.79 Å². The van der Waals surface area contributed by atoms with Crippen LogP contribution < -0.4 is 5.32 Å². The fraction of sp³-hybridized carbons (Fsp3) is 0.588. The molecule has 2 fully saturated rings. The first-order valence-corrected chi connectivity index (χ1v) is 8.66. The maximum absolute atomic E-state index is 12.3. The molecule has 126 valence electrons. The van der Waals surface area contributed by atoms with Crippen molar-refractivity contribution >= 4 is 5.91 Å². The van der Waals surface area contributed by atoms with E-state index in [-0.39, 0.29) is 11.8 Å². The first-order valence-electron chi connectivity index (χ1n) is 8.66. The van der Waals surface area contributed by atoms with E-state index in [1.54, 1.807) is 6.20 Å². The van der Waals surface area contributed by atoms with Gasteiger partial charge in [-0.3, -0.25) is 4.79 Å². The lowest BCUT2D eigenvalue weighted by atomic mass is 9.75. The van der Waals surface area contributed by atoms with Gasteiger partial charge in [0.1, 0.15) is 0 Å². The minimum Gasteiger partial charge on any atom is -0.425 e. The standard InChI is InChI=1S/C17H21N5O2/c23-17-12(8-11-4-1-2-6-14(11)19-17)9-15-21-22-16(24-15)10-13-5-3-7-18-20-13/h3,5,7,11-12,14H,1-2,4,6,8-10H2,(H,19,23). The molecule has 2 aliphatic rings. The molecule has 3 atom stereocenters. The average molecular weight is 327 g/mol. The molecule has 1 aliphatic heterocycles. The molecule has 1 aliphatic carbocycles. The van der Waals surface area contributed by atoms with Gasteiger partial charge in [-0.25, -0.2) is 0 Å². The Kier molecular flexibility index (Phi) is 4.23. The first-order chi connectivity index (χ1) is 11.8. The van der Waals surface area contributed by atoms with Crippen molar-refractivity contribution < 1.29 is 9.21 Å². The molecule has 7 heteroatoms. The molecule has 1 saturated carbocycles. The lowest BCUT2D eigenvalue weighted by Gasteiger charge is -2.39. The number of rotatable bonds is 4. The van der Waals surface area contributed by atoms with Gasteiger partial charge >= 0.3 is 0 Å². The minimum atomic E-state index is -0.0610. The van der Waals surface area contributed by atoms with Crippen molar-refractivity contribution in [1.29, 1.82) is 0 Å². The van der Waals surface area contributed by atoms with Gasteiger partial charge < -0.3 is 9.73 Å². The quantitative estimate of drug-likeness (QED) is 0.918. The number of piperidine rings is 1. The molecular weight excluding hydrogens is 306 g/mol. The monoisotopic (exact) mass is 327 g/mol. The summed E-state index contributed by atoms with van der Waals surface area (Å²) in [6.07, 6.45) is 8.36. The fourth-order valence-electron chi connectivity index (χ4n) is 3.86. The molecule has 0 radical (unpaired) electrons. The number of hydrogen-bond acceptors (Lipinski definition) is 6. The van der Waals surface area contributed by atoms with Gasteiger partial charge in [0, 0.05) is 24.6 Å². The van der Waals surface area contributed by atoms with Crippen LogP contribution in [0.3, 0.4) is 0 Å². The summed E-state index contributed by atoms with van der Waals surface area (Å²) in [6.45, 7) is 0. The Morgan fingerprint density at radius 1 is 1.17 bits per heavy atom. The Morgan fingerprint density at radius 3 is 2.92 bits per heavy atom. The highest BCUT2D eigenvalue weighted by Gasteiger charge is 2.37. The van der Waals surface area contributed by atoms with E-state index >= 15 is 0 Å². The van der Waals surface area contributed by atoms with Crippen LogP contribution in [0, 0.1) is 11.8 Å². The predicted octanol–water partition coefficient (Wildman–Crippen LogP) is 1.69. The zero-order valence-corrected chi connectivity index (χ0v) is 13.5. The Morgan fingerprint density at radius 2 is 2.04 bits per heavy atom. The SMILES string of the molecule is O=C1NC2CCCCC2CC1Cc1nnc(Cc2cccnn2)o1. The third-order valence-electron chi connectivity index (χ3n) is 5.08. The van der Waals surface area contributed by atoms with Crippen LogP contribution in [0.1, 0.15) is 49.6 Å². The van der Waals surface area contributed by atoms with Gasteiger partial charge in [-0.15, -0.1) is 10.2 Å². The highest BCUT2D eigenvalue weighted by atomic mass is 16.4. The van der Waals surface area contributed by atoms with E-state index < -0.39 is 0 Å². The summed E-state index contributed by atoms with van der Waals surface area (Å²) in [7, 11) is 0. The largest absolute Gasteiger partial charge is 0.425 e. The molecule has 1 N–H and O–H groups in total. The van der Waals surface area contributed by atoms with Crippen molar-refractivity contribution in [2.75, 3.05) is 0 Å². The molecule has 2 aromatic rings. The van der Waals surface area contributed by atoms with Crippen molar-refractivity contribution in [3.05, 3.63) is 35.8 Å². The van der Waals surface area contributed by atoms with Gasteiger partial charge in [-0.1, -0.05) is 12.8 Å². The van der Waals surface area contributed by atoms with Crippen molar-refractivity contribution in [3.8, 4) is 0 Å². The summed E-state index contributed by atoms with van der Waals surface area (Å²) in [5.74, 6) is 1.71.